The Labute approximate surface area is 149 Å². The smallest absolute Gasteiger partial charge is 0.230 e. The van der Waals surface area contributed by atoms with Crippen molar-refractivity contribution in [3.63, 3.8) is 0 Å². The van der Waals surface area contributed by atoms with Gasteiger partial charge in [0.2, 0.25) is 5.91 Å². The predicted molar refractivity (Wildman–Crippen MR) is 98.4 cm³/mol. The first-order chi connectivity index (χ1) is 11.4. The molecule has 0 radical (unpaired) electrons. The molecule has 5 nitrogen and oxygen atoms in total. The lowest BCUT2D eigenvalue weighted by Gasteiger charge is -2.34. The van der Waals surface area contributed by atoms with E-state index in [2.05, 4.69) is 35.6 Å². The van der Waals surface area contributed by atoms with E-state index >= 15 is 0 Å². The lowest BCUT2D eigenvalue weighted by atomic mass is 9.78. The van der Waals surface area contributed by atoms with Gasteiger partial charge in [0.1, 0.15) is 0 Å². The number of carbonyl (C=O) groups excluding carboxylic acids is 1. The highest BCUT2D eigenvalue weighted by Crippen LogP contribution is 2.29. The Balaban J connectivity index is 1.90. The van der Waals surface area contributed by atoms with E-state index in [-0.39, 0.29) is 5.91 Å². The fourth-order valence-electron chi connectivity index (χ4n) is 3.34. The topological polar surface area (TPSA) is 56.1 Å². The first kappa shape index (κ1) is 19.3. The molecule has 1 aliphatic rings. The van der Waals surface area contributed by atoms with Gasteiger partial charge in [0.15, 0.2) is 5.16 Å². The fourth-order valence-corrected chi connectivity index (χ4v) is 4.27. The minimum atomic E-state index is 0.113. The molecule has 1 amide bonds. The monoisotopic (exact) mass is 353 g/mol. The van der Waals surface area contributed by atoms with Crippen LogP contribution in [-0.2, 0) is 16.1 Å². The predicted octanol–water partition coefficient (Wildman–Crippen LogP) is 3.18. The summed E-state index contributed by atoms with van der Waals surface area (Å²) in [6.07, 6.45) is 3.59. The van der Waals surface area contributed by atoms with Crippen molar-refractivity contribution in [3.05, 3.63) is 11.4 Å². The number of nitrogens with one attached hydrogen (secondary N) is 1. The second kappa shape index (κ2) is 8.90. The number of ether oxygens (including phenoxy) is 1. The fraction of sp³-hybridized carbons (Fsp3) is 0.778. The SMILES string of the molecule is COCCn1c(SCC(=O)NC2CCCC(C)C2C)nc(C)c1C. The number of amides is 1. The number of methoxy groups -OCH3 is 1. The van der Waals surface area contributed by atoms with E-state index in [0.717, 1.165) is 29.5 Å². The van der Waals surface area contributed by atoms with Gasteiger partial charge in [-0.1, -0.05) is 38.5 Å². The third-order valence-corrected chi connectivity index (χ3v) is 6.30. The summed E-state index contributed by atoms with van der Waals surface area (Å²) in [4.78, 5) is 17.0. The number of nitrogens with zero attached hydrogens (tertiary/aromatic N) is 2. The number of hydrogen-bond acceptors (Lipinski definition) is 4. The molecule has 3 unspecified atom stereocenters. The van der Waals surface area contributed by atoms with E-state index < -0.39 is 0 Å². The molecule has 1 fully saturated rings. The molecular formula is C18H31N3O2S. The van der Waals surface area contributed by atoms with Gasteiger partial charge in [0, 0.05) is 25.4 Å². The standard InChI is InChI=1S/C18H31N3O2S/c1-12-7-6-8-16(13(12)2)20-17(22)11-24-18-19-14(3)15(4)21(18)9-10-23-5/h12-13,16H,6-11H2,1-5H3,(H,20,22). The molecule has 0 aromatic carbocycles. The second-order valence-electron chi connectivity index (χ2n) is 6.94. The van der Waals surface area contributed by atoms with E-state index in [0.29, 0.717) is 30.2 Å². The number of thioether (sulfide) groups is 1. The molecule has 0 bridgehead atoms. The molecule has 1 aromatic heterocycles. The number of imidazole rings is 1. The zero-order valence-electron chi connectivity index (χ0n) is 15.6. The molecule has 0 aliphatic heterocycles. The van der Waals surface area contributed by atoms with Gasteiger partial charge in [0.25, 0.3) is 0 Å². The van der Waals surface area contributed by atoms with Crippen molar-refractivity contribution in [2.45, 2.75) is 64.7 Å². The normalized spacial score (nSPS) is 24.1. The van der Waals surface area contributed by atoms with E-state index in [4.69, 9.17) is 4.74 Å². The number of hydrogen-bond donors (Lipinski definition) is 1. The van der Waals surface area contributed by atoms with Crippen LogP contribution in [0.25, 0.3) is 0 Å². The van der Waals surface area contributed by atoms with Crippen molar-refractivity contribution in [3.8, 4) is 0 Å². The summed E-state index contributed by atoms with van der Waals surface area (Å²) in [6, 6.07) is 0.318. The summed E-state index contributed by atoms with van der Waals surface area (Å²) in [5.74, 6) is 1.78. The van der Waals surface area contributed by atoms with Gasteiger partial charge in [-0.05, 0) is 32.1 Å². The summed E-state index contributed by atoms with van der Waals surface area (Å²) in [5.41, 5.74) is 2.16. The molecule has 1 aromatic rings. The molecule has 24 heavy (non-hydrogen) atoms. The van der Waals surface area contributed by atoms with E-state index in [9.17, 15) is 4.79 Å². The Bertz CT molecular complexity index is 559. The Morgan fingerprint density at radius 3 is 2.83 bits per heavy atom. The Kier molecular flexibility index (Phi) is 7.16. The minimum absolute atomic E-state index is 0.113. The summed E-state index contributed by atoms with van der Waals surface area (Å²) < 4.78 is 7.32. The zero-order chi connectivity index (χ0) is 17.7. The third-order valence-electron chi connectivity index (χ3n) is 5.33. The Hall–Kier alpha value is -1.01. The molecule has 1 saturated carbocycles. The lowest BCUT2D eigenvalue weighted by molar-refractivity contribution is -0.120. The van der Waals surface area contributed by atoms with Crippen LogP contribution < -0.4 is 5.32 Å². The molecular weight excluding hydrogens is 322 g/mol. The van der Waals surface area contributed by atoms with Gasteiger partial charge >= 0.3 is 0 Å². The number of aromatic nitrogens is 2. The van der Waals surface area contributed by atoms with E-state index in [1.54, 1.807) is 7.11 Å². The molecule has 1 aliphatic carbocycles. The molecule has 0 spiro atoms. The van der Waals surface area contributed by atoms with Crippen LogP contribution >= 0.6 is 11.8 Å². The van der Waals surface area contributed by atoms with Crippen molar-refractivity contribution in [1.29, 1.82) is 0 Å². The summed E-state index contributed by atoms with van der Waals surface area (Å²) >= 11 is 1.52. The number of aryl methyl sites for hydroxylation is 1. The van der Waals surface area contributed by atoms with Gasteiger partial charge in [-0.15, -0.1) is 0 Å². The van der Waals surface area contributed by atoms with Crippen molar-refractivity contribution in [2.75, 3.05) is 19.5 Å². The Morgan fingerprint density at radius 2 is 2.12 bits per heavy atom. The summed E-state index contributed by atoms with van der Waals surface area (Å²) in [5, 5.41) is 4.14. The molecule has 3 atom stereocenters. The molecule has 136 valence electrons. The van der Waals surface area contributed by atoms with Crippen molar-refractivity contribution < 1.29 is 9.53 Å². The van der Waals surface area contributed by atoms with Gasteiger partial charge in [-0.25, -0.2) is 4.98 Å². The summed E-state index contributed by atoms with van der Waals surface area (Å²) in [7, 11) is 1.70. The zero-order valence-corrected chi connectivity index (χ0v) is 16.4. The van der Waals surface area contributed by atoms with Crippen molar-refractivity contribution in [2.24, 2.45) is 11.8 Å². The van der Waals surface area contributed by atoms with Crippen LogP contribution in [0.2, 0.25) is 0 Å². The lowest BCUT2D eigenvalue weighted by Crippen LogP contribution is -2.44. The molecule has 1 heterocycles. The van der Waals surface area contributed by atoms with Crippen molar-refractivity contribution >= 4 is 17.7 Å². The molecule has 1 N–H and O–H groups in total. The van der Waals surface area contributed by atoms with Crippen LogP contribution in [0.4, 0.5) is 0 Å². The maximum absolute atomic E-state index is 12.4. The van der Waals surface area contributed by atoms with Crippen LogP contribution in [0.1, 0.15) is 44.5 Å². The highest BCUT2D eigenvalue weighted by atomic mass is 32.2. The van der Waals surface area contributed by atoms with Crippen LogP contribution in [0.5, 0.6) is 0 Å². The van der Waals surface area contributed by atoms with Gasteiger partial charge < -0.3 is 14.6 Å². The van der Waals surface area contributed by atoms with Crippen LogP contribution in [0.3, 0.4) is 0 Å². The Morgan fingerprint density at radius 1 is 1.38 bits per heavy atom. The first-order valence-electron chi connectivity index (χ1n) is 8.88. The first-order valence-corrected chi connectivity index (χ1v) is 9.87. The van der Waals surface area contributed by atoms with Gasteiger partial charge in [0.05, 0.1) is 18.1 Å². The maximum Gasteiger partial charge on any atom is 0.230 e. The minimum Gasteiger partial charge on any atom is -0.383 e. The number of carbonyl (C=O) groups is 1. The van der Waals surface area contributed by atoms with Gasteiger partial charge in [-0.3, -0.25) is 4.79 Å². The quantitative estimate of drug-likeness (QED) is 0.765. The molecule has 6 heteroatoms. The second-order valence-corrected chi connectivity index (χ2v) is 7.88. The molecule has 2 rings (SSSR count). The van der Waals surface area contributed by atoms with Crippen molar-refractivity contribution in [1.82, 2.24) is 14.9 Å². The highest BCUT2D eigenvalue weighted by Gasteiger charge is 2.28. The molecule has 0 saturated heterocycles. The van der Waals surface area contributed by atoms with Gasteiger partial charge in [-0.2, -0.15) is 0 Å². The maximum atomic E-state index is 12.4. The largest absolute Gasteiger partial charge is 0.383 e. The van der Waals surface area contributed by atoms with Crippen LogP contribution in [0.15, 0.2) is 5.16 Å². The van der Waals surface area contributed by atoms with E-state index in [1.807, 2.05) is 6.92 Å². The average Bonchev–Trinajstić information content (AvgIpc) is 2.82. The average molecular weight is 354 g/mol. The van der Waals surface area contributed by atoms with E-state index in [1.165, 1.54) is 24.6 Å². The number of rotatable bonds is 7. The van der Waals surface area contributed by atoms with Crippen LogP contribution in [-0.4, -0.2) is 41.0 Å². The van der Waals surface area contributed by atoms with Crippen LogP contribution in [0, 0.1) is 25.7 Å². The third kappa shape index (κ3) is 4.76. The highest BCUT2D eigenvalue weighted by molar-refractivity contribution is 7.99. The summed E-state index contributed by atoms with van der Waals surface area (Å²) in [6.45, 7) is 10.0.